The first-order valence-electron chi connectivity index (χ1n) is 10.3. The van der Waals surface area contributed by atoms with Crippen LogP contribution in [0.25, 0.3) is 21.3 Å². The van der Waals surface area contributed by atoms with Crippen molar-refractivity contribution in [2.45, 2.75) is 57.5 Å². The minimum atomic E-state index is 0.304. The standard InChI is InChI=1S/C23H27N3OS/c1-14-5-7-20(15(2)24-14)16-6-8-21-22(12-16)28-23(25-21)17-10-19(11-17)26-9-3-4-18(26)13-27/h5-8,12,17-19,27H,3-4,9-11,13H2,1-2H3. The van der Waals surface area contributed by atoms with Crippen molar-refractivity contribution in [3.8, 4) is 11.1 Å². The van der Waals surface area contributed by atoms with Crippen LogP contribution in [0, 0.1) is 13.8 Å². The number of aliphatic hydroxyl groups excluding tert-OH is 1. The molecule has 1 atom stereocenters. The highest BCUT2D eigenvalue weighted by Gasteiger charge is 2.40. The second-order valence-corrected chi connectivity index (χ2v) is 9.42. The molecule has 3 heterocycles. The lowest BCUT2D eigenvalue weighted by atomic mass is 9.79. The van der Waals surface area contributed by atoms with Gasteiger partial charge in [0.2, 0.25) is 0 Å². The molecule has 2 fully saturated rings. The first-order valence-corrected chi connectivity index (χ1v) is 11.2. The number of hydrogen-bond acceptors (Lipinski definition) is 5. The summed E-state index contributed by atoms with van der Waals surface area (Å²) in [6.45, 7) is 5.57. The molecule has 28 heavy (non-hydrogen) atoms. The number of pyridine rings is 1. The van der Waals surface area contributed by atoms with Crippen molar-refractivity contribution in [1.29, 1.82) is 0 Å². The molecular formula is C23H27N3OS. The van der Waals surface area contributed by atoms with Gasteiger partial charge in [-0.3, -0.25) is 9.88 Å². The summed E-state index contributed by atoms with van der Waals surface area (Å²) in [6, 6.07) is 11.9. The molecule has 2 aliphatic rings. The van der Waals surface area contributed by atoms with Crippen LogP contribution in [0.1, 0.15) is 48.0 Å². The summed E-state index contributed by atoms with van der Waals surface area (Å²) in [5.74, 6) is 0.577. The van der Waals surface area contributed by atoms with Gasteiger partial charge >= 0.3 is 0 Å². The Bertz CT molecular complexity index is 1010. The number of aryl methyl sites for hydroxylation is 2. The Morgan fingerprint density at radius 1 is 1.14 bits per heavy atom. The van der Waals surface area contributed by atoms with E-state index in [1.165, 1.54) is 40.1 Å². The summed E-state index contributed by atoms with van der Waals surface area (Å²) in [5.41, 5.74) is 5.68. The molecule has 0 bridgehead atoms. The van der Waals surface area contributed by atoms with Crippen LogP contribution < -0.4 is 0 Å². The highest BCUT2D eigenvalue weighted by Crippen LogP contribution is 2.44. The van der Waals surface area contributed by atoms with Crippen molar-refractivity contribution in [2.75, 3.05) is 13.2 Å². The normalized spacial score (nSPS) is 25.3. The Morgan fingerprint density at radius 2 is 2.00 bits per heavy atom. The fourth-order valence-corrected chi connectivity index (χ4v) is 6.00. The van der Waals surface area contributed by atoms with E-state index in [0.29, 0.717) is 24.6 Å². The Kier molecular flexibility index (Phi) is 4.69. The van der Waals surface area contributed by atoms with E-state index in [-0.39, 0.29) is 0 Å². The molecule has 0 radical (unpaired) electrons. The van der Waals surface area contributed by atoms with E-state index in [2.05, 4.69) is 47.1 Å². The van der Waals surface area contributed by atoms with Gasteiger partial charge in [0.1, 0.15) is 0 Å². The number of aliphatic hydroxyl groups is 1. The van der Waals surface area contributed by atoms with Crippen LogP contribution in [-0.2, 0) is 0 Å². The quantitative estimate of drug-likeness (QED) is 0.699. The summed E-state index contributed by atoms with van der Waals surface area (Å²) < 4.78 is 1.27. The number of fused-ring (bicyclic) bond motifs is 1. The predicted octanol–water partition coefficient (Wildman–Crippen LogP) is 4.68. The fraction of sp³-hybridized carbons (Fsp3) is 0.478. The monoisotopic (exact) mass is 393 g/mol. The maximum atomic E-state index is 9.58. The summed E-state index contributed by atoms with van der Waals surface area (Å²) in [5, 5.41) is 10.9. The topological polar surface area (TPSA) is 49.2 Å². The van der Waals surface area contributed by atoms with E-state index in [4.69, 9.17) is 4.98 Å². The first-order chi connectivity index (χ1) is 13.6. The minimum absolute atomic E-state index is 0.304. The van der Waals surface area contributed by atoms with Crippen LogP contribution in [0.2, 0.25) is 0 Å². The molecular weight excluding hydrogens is 366 g/mol. The third-order valence-electron chi connectivity index (χ3n) is 6.51. The number of aromatic nitrogens is 2. The maximum Gasteiger partial charge on any atom is 0.0970 e. The summed E-state index contributed by atoms with van der Waals surface area (Å²) in [4.78, 5) is 12.1. The molecule has 3 aromatic rings. The van der Waals surface area contributed by atoms with Crippen LogP contribution in [0.15, 0.2) is 30.3 Å². The highest BCUT2D eigenvalue weighted by atomic mass is 32.1. The highest BCUT2D eigenvalue weighted by molar-refractivity contribution is 7.18. The van der Waals surface area contributed by atoms with Crippen LogP contribution in [0.5, 0.6) is 0 Å². The lowest BCUT2D eigenvalue weighted by Gasteiger charge is -2.42. The zero-order valence-electron chi connectivity index (χ0n) is 16.6. The SMILES string of the molecule is Cc1ccc(-c2ccc3nc(C4CC(N5CCCC5CO)C4)sc3c2)c(C)n1. The second-order valence-electron chi connectivity index (χ2n) is 8.36. The van der Waals surface area contributed by atoms with Crippen molar-refractivity contribution >= 4 is 21.6 Å². The van der Waals surface area contributed by atoms with Gasteiger partial charge in [0.15, 0.2) is 0 Å². The first kappa shape index (κ1) is 18.2. The average Bonchev–Trinajstić information content (AvgIpc) is 3.26. The molecule has 0 amide bonds. The maximum absolute atomic E-state index is 9.58. The number of thiazole rings is 1. The van der Waals surface area contributed by atoms with E-state index in [0.717, 1.165) is 29.9 Å². The van der Waals surface area contributed by atoms with Crippen molar-refractivity contribution in [3.63, 3.8) is 0 Å². The van der Waals surface area contributed by atoms with Gasteiger partial charge in [-0.25, -0.2) is 4.98 Å². The molecule has 4 nitrogen and oxygen atoms in total. The molecule has 5 rings (SSSR count). The predicted molar refractivity (Wildman–Crippen MR) is 115 cm³/mol. The lowest BCUT2D eigenvalue weighted by Crippen LogP contribution is -2.47. The zero-order chi connectivity index (χ0) is 19.3. The minimum Gasteiger partial charge on any atom is -0.395 e. The Labute approximate surface area is 170 Å². The Balaban J connectivity index is 1.35. The molecule has 1 aliphatic carbocycles. The number of rotatable bonds is 4. The van der Waals surface area contributed by atoms with Gasteiger partial charge in [-0.1, -0.05) is 12.1 Å². The molecule has 0 spiro atoms. The third kappa shape index (κ3) is 3.15. The van der Waals surface area contributed by atoms with Crippen LogP contribution in [0.3, 0.4) is 0 Å². The summed E-state index contributed by atoms with van der Waals surface area (Å²) in [6.07, 6.45) is 4.74. The van der Waals surface area contributed by atoms with Gasteiger partial charge in [0.25, 0.3) is 0 Å². The van der Waals surface area contributed by atoms with E-state index in [1.54, 1.807) is 0 Å². The molecule has 2 aromatic heterocycles. The molecule has 1 saturated carbocycles. The molecule has 1 unspecified atom stereocenters. The Morgan fingerprint density at radius 3 is 2.79 bits per heavy atom. The van der Waals surface area contributed by atoms with Crippen LogP contribution in [0.4, 0.5) is 0 Å². The van der Waals surface area contributed by atoms with Crippen molar-refractivity contribution < 1.29 is 5.11 Å². The fourth-order valence-electron chi connectivity index (χ4n) is 4.87. The number of hydrogen-bond donors (Lipinski definition) is 1. The molecule has 1 aromatic carbocycles. The van der Waals surface area contributed by atoms with Gasteiger partial charge in [0, 0.05) is 35.0 Å². The number of nitrogens with zero attached hydrogens (tertiary/aromatic N) is 3. The van der Waals surface area contributed by atoms with Crippen LogP contribution in [-0.4, -0.2) is 45.2 Å². The van der Waals surface area contributed by atoms with E-state index < -0.39 is 0 Å². The number of likely N-dealkylation sites (tertiary alicyclic amines) is 1. The molecule has 5 heteroatoms. The zero-order valence-corrected chi connectivity index (χ0v) is 17.4. The molecule has 1 aliphatic heterocycles. The molecule has 146 valence electrons. The van der Waals surface area contributed by atoms with Gasteiger partial charge < -0.3 is 5.11 Å². The smallest absolute Gasteiger partial charge is 0.0970 e. The van der Waals surface area contributed by atoms with Gasteiger partial charge in [-0.2, -0.15) is 0 Å². The van der Waals surface area contributed by atoms with E-state index >= 15 is 0 Å². The van der Waals surface area contributed by atoms with Gasteiger partial charge in [0.05, 0.1) is 21.8 Å². The van der Waals surface area contributed by atoms with Gasteiger partial charge in [-0.15, -0.1) is 11.3 Å². The largest absolute Gasteiger partial charge is 0.395 e. The summed E-state index contributed by atoms with van der Waals surface area (Å²) >= 11 is 1.85. The molecule has 1 saturated heterocycles. The lowest BCUT2D eigenvalue weighted by molar-refractivity contribution is 0.0662. The number of benzene rings is 1. The van der Waals surface area contributed by atoms with Crippen molar-refractivity contribution in [1.82, 2.24) is 14.9 Å². The van der Waals surface area contributed by atoms with E-state index in [9.17, 15) is 5.11 Å². The summed E-state index contributed by atoms with van der Waals surface area (Å²) in [7, 11) is 0. The van der Waals surface area contributed by atoms with Crippen LogP contribution >= 0.6 is 11.3 Å². The van der Waals surface area contributed by atoms with Crippen molar-refractivity contribution in [3.05, 3.63) is 46.7 Å². The third-order valence-corrected chi connectivity index (χ3v) is 7.69. The second kappa shape index (κ2) is 7.21. The Hall–Kier alpha value is -1.82. The van der Waals surface area contributed by atoms with E-state index in [1.807, 2.05) is 18.3 Å². The average molecular weight is 394 g/mol. The van der Waals surface area contributed by atoms with Gasteiger partial charge in [-0.05, 0) is 69.8 Å². The van der Waals surface area contributed by atoms with Crippen molar-refractivity contribution in [2.24, 2.45) is 0 Å². The molecule has 1 N–H and O–H groups in total.